The Morgan fingerprint density at radius 3 is 2.67 bits per heavy atom. The van der Waals surface area contributed by atoms with Gasteiger partial charge in [0.2, 0.25) is 0 Å². The van der Waals surface area contributed by atoms with E-state index in [1.54, 1.807) is 6.92 Å². The second-order valence-corrected chi connectivity index (χ2v) is 2.07. The molecule has 0 heterocycles. The molecule has 0 amide bonds. The summed E-state index contributed by atoms with van der Waals surface area (Å²) in [5, 5.41) is 8.77. The third kappa shape index (κ3) is 7.48. The largest absolute Gasteiger partial charge is 0.393 e. The van der Waals surface area contributed by atoms with Gasteiger partial charge in [-0.1, -0.05) is 6.92 Å². The normalized spacial score (nSPS) is 11.9. The summed E-state index contributed by atoms with van der Waals surface area (Å²) < 4.78 is 0. The first-order valence-electron chi connectivity index (χ1n) is 3.34. The van der Waals surface area contributed by atoms with E-state index < -0.39 is 0 Å². The fraction of sp³-hybridized carbons (Fsp3) is 0.625. The van der Waals surface area contributed by atoms with E-state index in [2.05, 4.69) is 12.7 Å². The van der Waals surface area contributed by atoms with Gasteiger partial charge in [0.05, 0.1) is 6.10 Å². The summed E-state index contributed by atoms with van der Waals surface area (Å²) in [6.45, 7) is 3.83. The maximum atomic E-state index is 8.77. The van der Waals surface area contributed by atoms with Crippen LogP contribution in [0.3, 0.4) is 0 Å². The first-order valence-corrected chi connectivity index (χ1v) is 3.34. The molecule has 0 fully saturated rings. The molecule has 0 radical (unpaired) electrons. The Hall–Kier alpha value is -0.520. The van der Waals surface area contributed by atoms with Gasteiger partial charge in [0.1, 0.15) is 0 Å². The van der Waals surface area contributed by atoms with Crippen molar-refractivity contribution in [2.45, 2.75) is 32.8 Å². The van der Waals surface area contributed by atoms with Crippen molar-refractivity contribution in [3.05, 3.63) is 17.9 Å². The number of hydrogen-bond acceptors (Lipinski definition) is 1. The molecule has 1 N–H and O–H groups in total. The van der Waals surface area contributed by atoms with Gasteiger partial charge < -0.3 is 5.11 Å². The first kappa shape index (κ1) is 8.48. The van der Waals surface area contributed by atoms with Crippen LogP contribution in [0.5, 0.6) is 0 Å². The van der Waals surface area contributed by atoms with Gasteiger partial charge in [0.25, 0.3) is 0 Å². The predicted octanol–water partition coefficient (Wildman–Crippen LogP) is 1.88. The Balaban J connectivity index is 3.35. The fourth-order valence-corrected chi connectivity index (χ4v) is 0.440. The lowest BCUT2D eigenvalue weighted by Gasteiger charge is -1.92. The molecule has 0 aromatic carbocycles. The Bertz CT molecular complexity index is 108. The van der Waals surface area contributed by atoms with Crippen LogP contribution < -0.4 is 0 Å². The fourth-order valence-electron chi connectivity index (χ4n) is 0.440. The van der Waals surface area contributed by atoms with Crippen LogP contribution in [-0.4, -0.2) is 11.2 Å². The van der Waals surface area contributed by atoms with E-state index >= 15 is 0 Å². The molecule has 1 nitrogen and oxygen atoms in total. The SMILES string of the molecule is CCC=C=CCC(C)O. The van der Waals surface area contributed by atoms with Gasteiger partial charge in [0.15, 0.2) is 0 Å². The molecule has 0 aromatic heterocycles. The van der Waals surface area contributed by atoms with Gasteiger partial charge in [-0.2, -0.15) is 0 Å². The molecule has 0 saturated carbocycles. The van der Waals surface area contributed by atoms with Crippen molar-refractivity contribution in [1.29, 1.82) is 0 Å². The minimum Gasteiger partial charge on any atom is -0.393 e. The van der Waals surface area contributed by atoms with Crippen LogP contribution in [0, 0.1) is 0 Å². The van der Waals surface area contributed by atoms with E-state index in [4.69, 9.17) is 5.11 Å². The molecular formula is C8H14O. The van der Waals surface area contributed by atoms with E-state index in [0.717, 1.165) is 6.42 Å². The number of hydrogen-bond donors (Lipinski definition) is 1. The first-order chi connectivity index (χ1) is 4.27. The number of rotatable bonds is 3. The summed E-state index contributed by atoms with van der Waals surface area (Å²) >= 11 is 0. The number of aliphatic hydroxyl groups excluding tert-OH is 1. The maximum Gasteiger partial charge on any atom is 0.0552 e. The lowest BCUT2D eigenvalue weighted by molar-refractivity contribution is 0.198. The molecule has 0 bridgehead atoms. The van der Waals surface area contributed by atoms with Crippen LogP contribution in [0.25, 0.3) is 0 Å². The van der Waals surface area contributed by atoms with Crippen LogP contribution in [0.15, 0.2) is 17.9 Å². The summed E-state index contributed by atoms with van der Waals surface area (Å²) in [6.07, 6.45) is 5.28. The summed E-state index contributed by atoms with van der Waals surface area (Å²) in [5.41, 5.74) is 2.96. The third-order valence-corrected chi connectivity index (χ3v) is 0.899. The molecule has 9 heavy (non-hydrogen) atoms. The van der Waals surface area contributed by atoms with Crippen molar-refractivity contribution in [2.75, 3.05) is 0 Å². The summed E-state index contributed by atoms with van der Waals surface area (Å²) in [5.74, 6) is 0. The summed E-state index contributed by atoms with van der Waals surface area (Å²) in [7, 11) is 0. The van der Waals surface area contributed by atoms with Crippen molar-refractivity contribution in [3.8, 4) is 0 Å². The minimum absolute atomic E-state index is 0.234. The topological polar surface area (TPSA) is 20.2 Å². The van der Waals surface area contributed by atoms with Gasteiger partial charge in [0, 0.05) is 0 Å². The van der Waals surface area contributed by atoms with Crippen molar-refractivity contribution < 1.29 is 5.11 Å². The molecule has 0 aromatic rings. The molecule has 0 spiro atoms. The van der Waals surface area contributed by atoms with Crippen LogP contribution in [0.1, 0.15) is 26.7 Å². The van der Waals surface area contributed by atoms with E-state index in [0.29, 0.717) is 6.42 Å². The molecule has 1 atom stereocenters. The molecular weight excluding hydrogens is 112 g/mol. The van der Waals surface area contributed by atoms with Crippen molar-refractivity contribution in [1.82, 2.24) is 0 Å². The third-order valence-electron chi connectivity index (χ3n) is 0.899. The van der Waals surface area contributed by atoms with Gasteiger partial charge in [-0.05, 0) is 31.9 Å². The molecule has 1 unspecified atom stereocenters. The molecule has 0 aliphatic rings. The minimum atomic E-state index is -0.234. The molecule has 52 valence electrons. The molecule has 0 saturated heterocycles. The zero-order valence-corrected chi connectivity index (χ0v) is 6.09. The van der Waals surface area contributed by atoms with Crippen molar-refractivity contribution in [2.24, 2.45) is 0 Å². The van der Waals surface area contributed by atoms with Crippen molar-refractivity contribution >= 4 is 0 Å². The van der Waals surface area contributed by atoms with Gasteiger partial charge in [-0.25, -0.2) is 0 Å². The summed E-state index contributed by atoms with van der Waals surface area (Å²) in [4.78, 5) is 0. The highest BCUT2D eigenvalue weighted by molar-refractivity contribution is 4.84. The van der Waals surface area contributed by atoms with E-state index in [1.807, 2.05) is 12.2 Å². The Labute approximate surface area is 56.7 Å². The Kier molecular flexibility index (Phi) is 5.29. The van der Waals surface area contributed by atoms with E-state index in [9.17, 15) is 0 Å². The summed E-state index contributed by atoms with van der Waals surface area (Å²) in [6, 6.07) is 0. The average molecular weight is 126 g/mol. The average Bonchev–Trinajstić information content (AvgIpc) is 1.80. The second-order valence-electron chi connectivity index (χ2n) is 2.07. The zero-order chi connectivity index (χ0) is 7.11. The van der Waals surface area contributed by atoms with E-state index in [1.165, 1.54) is 0 Å². The van der Waals surface area contributed by atoms with E-state index in [-0.39, 0.29) is 6.10 Å². The zero-order valence-electron chi connectivity index (χ0n) is 6.09. The smallest absolute Gasteiger partial charge is 0.0552 e. The highest BCUT2D eigenvalue weighted by atomic mass is 16.3. The van der Waals surface area contributed by atoms with Crippen LogP contribution in [-0.2, 0) is 0 Å². The maximum absolute atomic E-state index is 8.77. The highest BCUT2D eigenvalue weighted by Crippen LogP contribution is 1.88. The van der Waals surface area contributed by atoms with Crippen molar-refractivity contribution in [3.63, 3.8) is 0 Å². The highest BCUT2D eigenvalue weighted by Gasteiger charge is 1.85. The molecule has 0 aliphatic carbocycles. The number of aliphatic hydroxyl groups is 1. The van der Waals surface area contributed by atoms with Crippen LogP contribution in [0.2, 0.25) is 0 Å². The standard InChI is InChI=1S/C8H14O/c1-3-4-5-6-7-8(2)9/h4,6,8-9H,3,7H2,1-2H3. The molecule has 1 heteroatoms. The van der Waals surface area contributed by atoms with Crippen LogP contribution >= 0.6 is 0 Å². The second kappa shape index (κ2) is 5.61. The van der Waals surface area contributed by atoms with Gasteiger partial charge >= 0.3 is 0 Å². The lowest BCUT2D eigenvalue weighted by atomic mass is 10.3. The van der Waals surface area contributed by atoms with Crippen LogP contribution in [0.4, 0.5) is 0 Å². The lowest BCUT2D eigenvalue weighted by Crippen LogP contribution is -1.94. The Morgan fingerprint density at radius 1 is 1.56 bits per heavy atom. The monoisotopic (exact) mass is 126 g/mol. The molecule has 0 rings (SSSR count). The van der Waals surface area contributed by atoms with Gasteiger partial charge in [-0.3, -0.25) is 0 Å². The Morgan fingerprint density at radius 2 is 2.22 bits per heavy atom. The van der Waals surface area contributed by atoms with Gasteiger partial charge in [-0.15, -0.1) is 5.73 Å². The quantitative estimate of drug-likeness (QED) is 0.572. The molecule has 0 aliphatic heterocycles. The predicted molar refractivity (Wildman–Crippen MR) is 39.2 cm³/mol.